The molecule has 0 spiro atoms. The zero-order valence-corrected chi connectivity index (χ0v) is 10.1. The van der Waals surface area contributed by atoms with Gasteiger partial charge in [-0.05, 0) is 30.9 Å². The lowest BCUT2D eigenvalue weighted by atomic mass is 10.1. The maximum Gasteiger partial charge on any atom is 0.0991 e. The van der Waals surface area contributed by atoms with Crippen molar-refractivity contribution in [3.05, 3.63) is 33.0 Å². The molecule has 0 amide bonds. The minimum absolute atomic E-state index is 0.00815. The van der Waals surface area contributed by atoms with E-state index < -0.39 is 0 Å². The molecule has 1 atom stereocenters. The van der Waals surface area contributed by atoms with E-state index in [1.807, 2.05) is 12.1 Å². The first-order chi connectivity index (χ1) is 6.65. The molecule has 78 valence electrons. The second-order valence-electron chi connectivity index (χ2n) is 3.11. The summed E-state index contributed by atoms with van der Waals surface area (Å²) in [7, 11) is 0. The van der Waals surface area contributed by atoms with E-state index in [1.165, 1.54) is 11.3 Å². The molecule has 1 unspecified atom stereocenters. The van der Waals surface area contributed by atoms with Gasteiger partial charge in [-0.1, -0.05) is 29.3 Å². The Balaban J connectivity index is 2.55. The van der Waals surface area contributed by atoms with Gasteiger partial charge in [0.25, 0.3) is 0 Å². The monoisotopic (exact) mass is 249 g/mol. The lowest BCUT2D eigenvalue weighted by Crippen LogP contribution is -2.09. The highest BCUT2D eigenvalue weighted by atomic mass is 35.5. The molecule has 0 saturated heterocycles. The summed E-state index contributed by atoms with van der Waals surface area (Å²) in [5, 5.41) is 0. The SMILES string of the molecule is C=CCCCC(N)c1cc(Cl)sc1Cl. The van der Waals surface area contributed by atoms with Crippen molar-refractivity contribution in [1.29, 1.82) is 0 Å². The quantitative estimate of drug-likeness (QED) is 0.607. The number of hydrogen-bond acceptors (Lipinski definition) is 2. The highest BCUT2D eigenvalue weighted by molar-refractivity contribution is 7.20. The lowest BCUT2D eigenvalue weighted by Gasteiger charge is -2.09. The van der Waals surface area contributed by atoms with Crippen molar-refractivity contribution in [2.24, 2.45) is 5.73 Å². The minimum atomic E-state index is -0.00815. The van der Waals surface area contributed by atoms with Gasteiger partial charge in [-0.25, -0.2) is 0 Å². The first-order valence-corrected chi connectivity index (χ1v) is 6.03. The summed E-state index contributed by atoms with van der Waals surface area (Å²) < 4.78 is 1.41. The standard InChI is InChI=1S/C10H13Cl2NS/c1-2-3-4-5-8(13)7-6-9(11)14-10(7)12/h2,6,8H,1,3-5,13H2. The molecule has 0 aromatic carbocycles. The second kappa shape index (κ2) is 5.76. The van der Waals surface area contributed by atoms with Crippen LogP contribution in [0.5, 0.6) is 0 Å². The lowest BCUT2D eigenvalue weighted by molar-refractivity contribution is 0.619. The van der Waals surface area contributed by atoms with Crippen LogP contribution in [0, 0.1) is 0 Å². The van der Waals surface area contributed by atoms with Crippen molar-refractivity contribution >= 4 is 34.5 Å². The Kier molecular flexibility index (Phi) is 4.96. The second-order valence-corrected chi connectivity index (χ2v) is 5.39. The molecule has 1 rings (SSSR count). The van der Waals surface area contributed by atoms with E-state index in [0.717, 1.165) is 24.8 Å². The molecule has 0 aliphatic heterocycles. The van der Waals surface area contributed by atoms with Crippen LogP contribution < -0.4 is 5.73 Å². The van der Waals surface area contributed by atoms with E-state index in [2.05, 4.69) is 6.58 Å². The van der Waals surface area contributed by atoms with Crippen molar-refractivity contribution in [2.45, 2.75) is 25.3 Å². The van der Waals surface area contributed by atoms with Crippen molar-refractivity contribution < 1.29 is 0 Å². The summed E-state index contributed by atoms with van der Waals surface area (Å²) >= 11 is 13.2. The smallest absolute Gasteiger partial charge is 0.0991 e. The highest BCUT2D eigenvalue weighted by Gasteiger charge is 2.12. The van der Waals surface area contributed by atoms with Crippen LogP contribution >= 0.6 is 34.5 Å². The van der Waals surface area contributed by atoms with Gasteiger partial charge in [0, 0.05) is 6.04 Å². The largest absolute Gasteiger partial charge is 0.324 e. The molecule has 1 aromatic heterocycles. The fourth-order valence-corrected chi connectivity index (χ4v) is 2.84. The molecule has 0 saturated carbocycles. The molecule has 1 heterocycles. The Morgan fingerprint density at radius 2 is 2.29 bits per heavy atom. The van der Waals surface area contributed by atoms with Gasteiger partial charge in [-0.15, -0.1) is 17.9 Å². The van der Waals surface area contributed by atoms with Gasteiger partial charge >= 0.3 is 0 Å². The third-order valence-electron chi connectivity index (χ3n) is 2.01. The van der Waals surface area contributed by atoms with Gasteiger partial charge in [0.2, 0.25) is 0 Å². The van der Waals surface area contributed by atoms with Crippen LogP contribution in [0.4, 0.5) is 0 Å². The Hall–Kier alpha value is -0.0200. The van der Waals surface area contributed by atoms with Crippen LogP contribution in [0.15, 0.2) is 18.7 Å². The summed E-state index contributed by atoms with van der Waals surface area (Å²) in [6, 6.07) is 1.85. The van der Waals surface area contributed by atoms with E-state index in [1.54, 1.807) is 0 Å². The molecular formula is C10H13Cl2NS. The average molecular weight is 250 g/mol. The van der Waals surface area contributed by atoms with E-state index in [-0.39, 0.29) is 6.04 Å². The fraction of sp³-hybridized carbons (Fsp3) is 0.400. The number of rotatable bonds is 5. The van der Waals surface area contributed by atoms with Gasteiger partial charge in [-0.3, -0.25) is 0 Å². The Labute approximate surface area is 98.5 Å². The van der Waals surface area contributed by atoms with Crippen molar-refractivity contribution in [3.63, 3.8) is 0 Å². The summed E-state index contributed by atoms with van der Waals surface area (Å²) in [6.07, 6.45) is 4.84. The molecule has 0 fully saturated rings. The zero-order valence-electron chi connectivity index (χ0n) is 7.80. The topological polar surface area (TPSA) is 26.0 Å². The maximum atomic E-state index is 5.99. The van der Waals surface area contributed by atoms with E-state index in [0.29, 0.717) is 8.67 Å². The molecule has 4 heteroatoms. The van der Waals surface area contributed by atoms with E-state index in [9.17, 15) is 0 Å². The molecule has 1 aromatic rings. The normalized spacial score (nSPS) is 12.8. The van der Waals surface area contributed by atoms with Crippen LogP contribution in [0.1, 0.15) is 30.9 Å². The summed E-state index contributed by atoms with van der Waals surface area (Å²) in [4.78, 5) is 0. The summed E-state index contributed by atoms with van der Waals surface area (Å²) in [5.74, 6) is 0. The number of allylic oxidation sites excluding steroid dienone is 1. The van der Waals surface area contributed by atoms with Gasteiger partial charge in [0.1, 0.15) is 0 Å². The Morgan fingerprint density at radius 1 is 1.57 bits per heavy atom. The van der Waals surface area contributed by atoms with Crippen molar-refractivity contribution in [3.8, 4) is 0 Å². The number of halogens is 2. The van der Waals surface area contributed by atoms with Crippen LogP contribution in [0.25, 0.3) is 0 Å². The fourth-order valence-electron chi connectivity index (χ4n) is 1.24. The predicted octanol–water partition coefficient (Wildman–Crippen LogP) is 4.41. The Morgan fingerprint density at radius 3 is 2.79 bits per heavy atom. The maximum absolute atomic E-state index is 5.99. The number of unbranched alkanes of at least 4 members (excludes halogenated alkanes) is 1. The van der Waals surface area contributed by atoms with Gasteiger partial charge < -0.3 is 5.73 Å². The molecule has 1 nitrogen and oxygen atoms in total. The van der Waals surface area contributed by atoms with Crippen molar-refractivity contribution in [2.75, 3.05) is 0 Å². The molecule has 2 N–H and O–H groups in total. The number of thiophene rings is 1. The van der Waals surface area contributed by atoms with Gasteiger partial charge in [-0.2, -0.15) is 0 Å². The highest BCUT2D eigenvalue weighted by Crippen LogP contribution is 2.35. The third kappa shape index (κ3) is 3.28. The number of hydrogen-bond donors (Lipinski definition) is 1. The molecule has 0 bridgehead atoms. The van der Waals surface area contributed by atoms with Crippen LogP contribution in [0.3, 0.4) is 0 Å². The Bertz CT molecular complexity index is 309. The van der Waals surface area contributed by atoms with Crippen molar-refractivity contribution in [1.82, 2.24) is 0 Å². The van der Waals surface area contributed by atoms with Crippen LogP contribution in [-0.2, 0) is 0 Å². The summed E-state index contributed by atoms with van der Waals surface area (Å²) in [6.45, 7) is 3.67. The van der Waals surface area contributed by atoms with Gasteiger partial charge in [0.15, 0.2) is 0 Å². The van der Waals surface area contributed by atoms with Crippen LogP contribution in [-0.4, -0.2) is 0 Å². The summed E-state index contributed by atoms with van der Waals surface area (Å²) in [5.41, 5.74) is 6.94. The first kappa shape index (κ1) is 12.1. The van der Waals surface area contributed by atoms with Gasteiger partial charge in [0.05, 0.1) is 8.67 Å². The van der Waals surface area contributed by atoms with E-state index in [4.69, 9.17) is 28.9 Å². The third-order valence-corrected chi connectivity index (χ3v) is 3.52. The van der Waals surface area contributed by atoms with Crippen LogP contribution in [0.2, 0.25) is 8.67 Å². The molecule has 14 heavy (non-hydrogen) atoms. The zero-order chi connectivity index (χ0) is 10.6. The minimum Gasteiger partial charge on any atom is -0.324 e. The average Bonchev–Trinajstić information content (AvgIpc) is 2.45. The first-order valence-electron chi connectivity index (χ1n) is 4.46. The molecular weight excluding hydrogens is 237 g/mol. The predicted molar refractivity (Wildman–Crippen MR) is 65.3 cm³/mol. The molecule has 0 aliphatic rings. The number of nitrogens with two attached hydrogens (primary N) is 1. The molecule has 0 radical (unpaired) electrons. The molecule has 0 aliphatic carbocycles. The van der Waals surface area contributed by atoms with E-state index >= 15 is 0 Å².